The number of amides is 3. The molecule has 3 amide bonds. The Morgan fingerprint density at radius 1 is 0.403 bits per heavy atom. The fourth-order valence-corrected chi connectivity index (χ4v) is 6.05. The lowest BCUT2D eigenvalue weighted by Gasteiger charge is -2.33. The molecule has 72 heavy (non-hydrogen) atoms. The van der Waals surface area contributed by atoms with E-state index in [0.29, 0.717) is 6.54 Å². The predicted molar refractivity (Wildman–Crippen MR) is 299 cm³/mol. The Hall–Kier alpha value is -3.56. The van der Waals surface area contributed by atoms with Gasteiger partial charge in [0.25, 0.3) is 0 Å². The molecule has 0 atom stereocenters. The number of rotatable bonds is 10. The molecule has 4 rings (SSSR count). The van der Waals surface area contributed by atoms with Crippen molar-refractivity contribution in [3.8, 4) is 0 Å². The van der Waals surface area contributed by atoms with Crippen LogP contribution >= 0.6 is 0 Å². The number of nitrogens with two attached hydrogens (primary N) is 1. The first-order chi connectivity index (χ1) is 33.4. The molecule has 0 aromatic rings. The summed E-state index contributed by atoms with van der Waals surface area (Å²) >= 11 is 0. The molecule has 0 radical (unpaired) electrons. The number of nitrogens with one attached hydrogen (secondary N) is 1. The van der Waals surface area contributed by atoms with E-state index in [1.54, 1.807) is 41.5 Å². The normalized spacial score (nSPS) is 15.4. The molecule has 4 saturated heterocycles. The van der Waals surface area contributed by atoms with Crippen LogP contribution < -0.4 is 11.1 Å². The summed E-state index contributed by atoms with van der Waals surface area (Å²) < 4.78 is 0. The van der Waals surface area contributed by atoms with Crippen LogP contribution in [0.5, 0.6) is 0 Å². The summed E-state index contributed by atoms with van der Waals surface area (Å²) in [6.45, 7) is 46.6. The Balaban J connectivity index is -0.000000179. The number of piperidine rings is 4. The number of likely N-dealkylation sites (tertiary alicyclic amines) is 3. The smallest absolute Gasteiger partial charge is 0.316 e. The zero-order valence-electron chi connectivity index (χ0n) is 50.6. The van der Waals surface area contributed by atoms with Gasteiger partial charge in [0.1, 0.15) is 34.0 Å². The Morgan fingerprint density at radius 2 is 0.653 bits per heavy atom. The van der Waals surface area contributed by atoms with E-state index in [1.807, 2.05) is 83.9 Å². The maximum absolute atomic E-state index is 12.0. The second-order valence-corrected chi connectivity index (χ2v) is 20.4. The van der Waals surface area contributed by atoms with E-state index in [1.165, 1.54) is 93.2 Å². The van der Waals surface area contributed by atoms with Crippen LogP contribution in [-0.2, 0) is 38.4 Å². The predicted octanol–water partition coefficient (Wildman–Crippen LogP) is 10.4. The van der Waals surface area contributed by atoms with E-state index in [9.17, 15) is 38.4 Å². The first kappa shape index (κ1) is 79.8. The molecule has 428 valence electrons. The molecule has 15 heteroatoms. The van der Waals surface area contributed by atoms with Gasteiger partial charge in [-0.25, -0.2) is 0 Å². The highest BCUT2D eigenvalue weighted by atomic mass is 16.4. The molecule has 4 aliphatic rings. The molecule has 0 bridgehead atoms. The molecule has 15 nitrogen and oxygen atoms in total. The topological polar surface area (TPSA) is 225 Å². The number of ketones is 4. The molecule has 0 saturated carbocycles. The van der Waals surface area contributed by atoms with Gasteiger partial charge in [-0.1, -0.05) is 61.8 Å². The summed E-state index contributed by atoms with van der Waals surface area (Å²) in [6.07, 6.45) is 14.5. The van der Waals surface area contributed by atoms with Crippen LogP contribution in [0, 0.1) is 27.1 Å². The number of Topliss-reactive ketones (excluding diaryl/α,β-unsaturated/α-hetero) is 4. The minimum absolute atomic E-state index is 0.00954. The largest absolute Gasteiger partial charge is 0.481 e. The quantitative estimate of drug-likeness (QED) is 0.150. The van der Waals surface area contributed by atoms with Crippen molar-refractivity contribution in [3.05, 3.63) is 0 Å². The lowest BCUT2D eigenvalue weighted by Crippen LogP contribution is -2.46. The number of aliphatic hydroxyl groups is 1. The van der Waals surface area contributed by atoms with Crippen molar-refractivity contribution in [2.75, 3.05) is 65.5 Å². The molecule has 4 heterocycles. The van der Waals surface area contributed by atoms with Crippen LogP contribution in [0.3, 0.4) is 0 Å². The summed E-state index contributed by atoms with van der Waals surface area (Å²) in [5, 5.41) is 20.7. The second kappa shape index (κ2) is 43.8. The summed E-state index contributed by atoms with van der Waals surface area (Å²) in [4.78, 5) is 94.8. The van der Waals surface area contributed by atoms with Gasteiger partial charge in [-0.3, -0.25) is 38.4 Å². The third-order valence-corrected chi connectivity index (χ3v) is 12.8. The molecule has 4 aliphatic heterocycles. The second-order valence-electron chi connectivity index (χ2n) is 20.4. The van der Waals surface area contributed by atoms with Crippen molar-refractivity contribution < 1.29 is 48.6 Å². The number of carboxylic acids is 1. The molecule has 0 unspecified atom stereocenters. The Kier molecular flexibility index (Phi) is 48.6. The summed E-state index contributed by atoms with van der Waals surface area (Å²) in [5.41, 5.74) is 1.75. The lowest BCUT2D eigenvalue weighted by atomic mass is 9.85. The van der Waals surface area contributed by atoms with Crippen molar-refractivity contribution in [1.29, 1.82) is 0 Å². The van der Waals surface area contributed by atoms with Crippen LogP contribution in [0.25, 0.3) is 0 Å². The molecule has 5 N–H and O–H groups in total. The van der Waals surface area contributed by atoms with Crippen molar-refractivity contribution in [2.24, 2.45) is 32.8 Å². The third-order valence-electron chi connectivity index (χ3n) is 12.8. The van der Waals surface area contributed by atoms with E-state index in [4.69, 9.17) is 15.9 Å². The number of nitrogens with zero attached hydrogens (tertiary/aromatic N) is 3. The fourth-order valence-electron chi connectivity index (χ4n) is 6.05. The van der Waals surface area contributed by atoms with Crippen molar-refractivity contribution in [3.63, 3.8) is 0 Å². The number of aliphatic carboxylic acids is 1. The molecule has 4 fully saturated rings. The van der Waals surface area contributed by atoms with Crippen molar-refractivity contribution in [2.45, 2.75) is 229 Å². The van der Waals surface area contributed by atoms with Crippen molar-refractivity contribution >= 4 is 46.8 Å². The Bertz CT molecular complexity index is 1360. The van der Waals surface area contributed by atoms with Crippen molar-refractivity contribution in [1.82, 2.24) is 20.0 Å². The number of hydrogen-bond acceptors (Lipinski definition) is 11. The number of hydrogen-bond donors (Lipinski definition) is 4. The van der Waals surface area contributed by atoms with Gasteiger partial charge in [0.05, 0.1) is 22.9 Å². The molecule has 0 aromatic heterocycles. The van der Waals surface area contributed by atoms with Gasteiger partial charge in [-0.2, -0.15) is 0 Å². The van der Waals surface area contributed by atoms with Gasteiger partial charge in [-0.05, 0) is 181 Å². The average Bonchev–Trinajstić information content (AvgIpc) is 3.39. The van der Waals surface area contributed by atoms with E-state index >= 15 is 0 Å². The monoisotopic (exact) mass is 1030 g/mol. The molecular weight excluding hydrogens is 915 g/mol. The Morgan fingerprint density at radius 3 is 0.819 bits per heavy atom. The third kappa shape index (κ3) is 33.3. The zero-order chi connectivity index (χ0) is 58.1. The lowest BCUT2D eigenvalue weighted by molar-refractivity contribution is -0.152. The summed E-state index contributed by atoms with van der Waals surface area (Å²) in [5.74, 6) is -1.29. The first-order valence-corrected chi connectivity index (χ1v) is 27.6. The maximum Gasteiger partial charge on any atom is 0.316 e. The highest BCUT2D eigenvalue weighted by Gasteiger charge is 2.37. The molecule has 0 aromatic carbocycles. The van der Waals surface area contributed by atoms with Crippen LogP contribution in [0.1, 0.15) is 229 Å². The van der Waals surface area contributed by atoms with Gasteiger partial charge in [0.15, 0.2) is 0 Å². The van der Waals surface area contributed by atoms with Crippen LogP contribution in [0.4, 0.5) is 0 Å². The fraction of sp³-hybridized carbons (Fsp3) is 0.860. The zero-order valence-corrected chi connectivity index (χ0v) is 50.6. The van der Waals surface area contributed by atoms with Gasteiger partial charge in [0.2, 0.25) is 17.7 Å². The summed E-state index contributed by atoms with van der Waals surface area (Å²) in [6, 6.07) is 0. The van der Waals surface area contributed by atoms with E-state index in [2.05, 4.69) is 5.32 Å². The minimum atomic E-state index is -1.22. The Labute approximate surface area is 441 Å². The molecule has 0 aliphatic carbocycles. The minimum Gasteiger partial charge on any atom is -0.481 e. The number of carboxylic acid groups (broad SMARTS) is 1. The standard InChI is InChI=1S/C11H19NO2.C10H20N2O.C10H19NO2.C7H12O2.C6H10O3.C5H11N.4C2H6/c1-9(13)11(2,3)10(14)12-7-5-4-6-8-12;1-10(2,8-11)9(13)12-6-4-3-5-7-12;1-10(2,8-12)9(13)11-6-4-3-5-7-11;1-5(8)7(3,4)6(2)9;1-4(7)6(2,3)5(8)9;1-2-4-6-5-3-1;4*1-2/h4-8H2,1-3H3;3-8,11H2,1-2H3;12H,3-8H2,1-2H3;1-4H3;1-3H3,(H,8,9);6H,1-5H2;4*1-2H3. The summed E-state index contributed by atoms with van der Waals surface area (Å²) in [7, 11) is 0. The number of carbonyl (C=O) groups is 8. The average molecular weight is 1030 g/mol. The highest BCUT2D eigenvalue weighted by Crippen LogP contribution is 2.24. The van der Waals surface area contributed by atoms with Gasteiger partial charge in [0, 0.05) is 45.8 Å². The van der Waals surface area contributed by atoms with Crippen LogP contribution in [-0.4, -0.2) is 137 Å². The van der Waals surface area contributed by atoms with Gasteiger partial charge in [-0.15, -0.1) is 0 Å². The highest BCUT2D eigenvalue weighted by molar-refractivity contribution is 6.04. The molecular formula is C57H115N5O10. The van der Waals surface area contributed by atoms with Crippen LogP contribution in [0.15, 0.2) is 0 Å². The van der Waals surface area contributed by atoms with E-state index in [0.717, 1.165) is 77.8 Å². The first-order valence-electron chi connectivity index (χ1n) is 27.6. The van der Waals surface area contributed by atoms with E-state index < -0.39 is 27.6 Å². The van der Waals surface area contributed by atoms with E-state index in [-0.39, 0.29) is 52.9 Å². The molecule has 0 spiro atoms. The number of aliphatic hydroxyl groups excluding tert-OH is 1. The van der Waals surface area contributed by atoms with Gasteiger partial charge < -0.3 is 36.0 Å². The van der Waals surface area contributed by atoms with Gasteiger partial charge >= 0.3 is 5.97 Å². The SMILES string of the molecule is C1CCNCC1.CC.CC.CC.CC.CC(=O)C(C)(C)C(=O)N1CCCCC1.CC(=O)C(C)(C)C(=O)O.CC(=O)C(C)(C)C(C)=O.CC(C)(CN)C(=O)N1CCCCC1.CC(C)(CO)C(=O)N1CCCCC1. The number of carbonyl (C=O) groups excluding carboxylic acids is 7. The maximum atomic E-state index is 12.0. The van der Waals surface area contributed by atoms with Crippen LogP contribution in [0.2, 0.25) is 0 Å².